The summed E-state index contributed by atoms with van der Waals surface area (Å²) in [4.78, 5) is 12.7. The molecule has 31 heavy (non-hydrogen) atoms. The molecule has 0 heterocycles. The first-order valence-corrected chi connectivity index (χ1v) is 11.4. The molecule has 0 bridgehead atoms. The summed E-state index contributed by atoms with van der Waals surface area (Å²) in [7, 11) is -2.53. The number of nitrogens with one attached hydrogen (secondary N) is 2. The highest BCUT2D eigenvalue weighted by Gasteiger charge is 2.22. The maximum absolute atomic E-state index is 12.9. The lowest BCUT2D eigenvalue weighted by atomic mass is 10.1. The second-order valence-electron chi connectivity index (χ2n) is 6.92. The van der Waals surface area contributed by atoms with E-state index in [1.807, 2.05) is 49.4 Å². The molecule has 1 amide bonds. The highest BCUT2D eigenvalue weighted by molar-refractivity contribution is 7.89. The van der Waals surface area contributed by atoms with Gasteiger partial charge in [-0.2, -0.15) is 0 Å². The molecular formula is C23H23ClN2O4S. The molecule has 8 heteroatoms. The Morgan fingerprint density at radius 2 is 1.71 bits per heavy atom. The number of methoxy groups -OCH3 is 1. The molecule has 2 N–H and O–H groups in total. The van der Waals surface area contributed by atoms with Crippen LogP contribution in [-0.2, 0) is 16.6 Å². The van der Waals surface area contributed by atoms with Gasteiger partial charge in [-0.15, -0.1) is 0 Å². The third-order valence-electron chi connectivity index (χ3n) is 4.74. The van der Waals surface area contributed by atoms with E-state index < -0.39 is 15.9 Å². The van der Waals surface area contributed by atoms with E-state index in [1.54, 1.807) is 12.1 Å². The van der Waals surface area contributed by atoms with Crippen LogP contribution >= 0.6 is 11.6 Å². The summed E-state index contributed by atoms with van der Waals surface area (Å²) in [5, 5.41) is 3.47. The Labute approximate surface area is 187 Å². The largest absolute Gasteiger partial charge is 0.495 e. The molecule has 0 aliphatic rings. The van der Waals surface area contributed by atoms with Crippen molar-refractivity contribution in [3.8, 4) is 5.75 Å². The van der Waals surface area contributed by atoms with E-state index in [-0.39, 0.29) is 28.8 Å². The van der Waals surface area contributed by atoms with Gasteiger partial charge in [0, 0.05) is 17.1 Å². The number of carbonyl (C=O) groups is 1. The van der Waals surface area contributed by atoms with Crippen LogP contribution in [0.5, 0.6) is 5.75 Å². The zero-order valence-electron chi connectivity index (χ0n) is 17.1. The van der Waals surface area contributed by atoms with Crippen LogP contribution in [0.1, 0.15) is 34.5 Å². The first kappa shape index (κ1) is 22.8. The molecule has 0 fully saturated rings. The van der Waals surface area contributed by atoms with Crippen LogP contribution in [0.3, 0.4) is 0 Å². The Kier molecular flexibility index (Phi) is 7.33. The van der Waals surface area contributed by atoms with E-state index in [2.05, 4.69) is 10.0 Å². The Bertz CT molecular complexity index is 1150. The number of sulfonamides is 1. The average molecular weight is 459 g/mol. The lowest BCUT2D eigenvalue weighted by Gasteiger charge is -2.16. The Hall–Kier alpha value is -2.87. The van der Waals surface area contributed by atoms with Crippen molar-refractivity contribution in [2.45, 2.75) is 24.4 Å². The van der Waals surface area contributed by atoms with Gasteiger partial charge in [0.1, 0.15) is 10.6 Å². The van der Waals surface area contributed by atoms with Crippen molar-refractivity contribution in [2.24, 2.45) is 0 Å². The van der Waals surface area contributed by atoms with Gasteiger partial charge in [0.05, 0.1) is 13.2 Å². The monoisotopic (exact) mass is 458 g/mol. The van der Waals surface area contributed by atoms with Gasteiger partial charge in [-0.25, -0.2) is 13.1 Å². The van der Waals surface area contributed by atoms with Gasteiger partial charge in [0.15, 0.2) is 0 Å². The van der Waals surface area contributed by atoms with Crippen LogP contribution in [-0.4, -0.2) is 21.4 Å². The van der Waals surface area contributed by atoms with Crippen LogP contribution in [0.25, 0.3) is 0 Å². The Morgan fingerprint density at radius 3 is 2.35 bits per heavy atom. The van der Waals surface area contributed by atoms with Crippen LogP contribution in [0.2, 0.25) is 5.02 Å². The van der Waals surface area contributed by atoms with Crippen molar-refractivity contribution in [1.82, 2.24) is 10.0 Å². The Balaban J connectivity index is 1.80. The van der Waals surface area contributed by atoms with Crippen molar-refractivity contribution >= 4 is 27.5 Å². The van der Waals surface area contributed by atoms with Gasteiger partial charge in [0.25, 0.3) is 5.91 Å². The smallest absolute Gasteiger partial charge is 0.251 e. The molecule has 0 saturated carbocycles. The van der Waals surface area contributed by atoms with E-state index in [0.717, 1.165) is 11.1 Å². The normalized spacial score (nSPS) is 12.2. The van der Waals surface area contributed by atoms with Crippen molar-refractivity contribution < 1.29 is 17.9 Å². The molecular weight excluding hydrogens is 436 g/mol. The van der Waals surface area contributed by atoms with E-state index in [4.69, 9.17) is 16.3 Å². The minimum Gasteiger partial charge on any atom is -0.495 e. The second-order valence-corrected chi connectivity index (χ2v) is 9.09. The van der Waals surface area contributed by atoms with Gasteiger partial charge in [-0.3, -0.25) is 4.79 Å². The number of hydrogen-bond acceptors (Lipinski definition) is 4. The highest BCUT2D eigenvalue weighted by atomic mass is 35.5. The summed E-state index contributed by atoms with van der Waals surface area (Å²) >= 11 is 5.91. The maximum Gasteiger partial charge on any atom is 0.251 e. The van der Waals surface area contributed by atoms with E-state index >= 15 is 0 Å². The number of rotatable bonds is 8. The summed E-state index contributed by atoms with van der Waals surface area (Å²) in [5.74, 6) is -0.243. The van der Waals surface area contributed by atoms with E-state index in [9.17, 15) is 13.2 Å². The van der Waals surface area contributed by atoms with Crippen LogP contribution in [0.15, 0.2) is 77.7 Å². The number of amides is 1. The second kappa shape index (κ2) is 9.96. The predicted molar refractivity (Wildman–Crippen MR) is 121 cm³/mol. The van der Waals surface area contributed by atoms with Gasteiger partial charge in [0.2, 0.25) is 10.0 Å². The molecule has 0 unspecified atom stereocenters. The summed E-state index contributed by atoms with van der Waals surface area (Å²) < 4.78 is 33.6. The lowest BCUT2D eigenvalue weighted by Crippen LogP contribution is -2.28. The standard InChI is InChI=1S/C23H23ClN2O4S/c1-16(18-8-11-20(24)12-9-18)26-23(27)19-10-13-21(30-2)22(14-19)31(28,29)25-15-17-6-4-3-5-7-17/h3-14,16,25H,15H2,1-2H3,(H,26,27)/t16-/m1/s1. The molecule has 3 rings (SSSR count). The Morgan fingerprint density at radius 1 is 1.03 bits per heavy atom. The maximum atomic E-state index is 12.9. The third-order valence-corrected chi connectivity index (χ3v) is 6.42. The van der Waals surface area contributed by atoms with Crippen LogP contribution < -0.4 is 14.8 Å². The third kappa shape index (κ3) is 5.85. The van der Waals surface area contributed by atoms with E-state index in [0.29, 0.717) is 5.02 Å². The summed E-state index contributed by atoms with van der Waals surface area (Å²) in [6.45, 7) is 1.96. The number of benzene rings is 3. The van der Waals surface area contributed by atoms with Crippen molar-refractivity contribution in [2.75, 3.05) is 7.11 Å². The van der Waals surface area contributed by atoms with Gasteiger partial charge in [-0.1, -0.05) is 54.1 Å². The fourth-order valence-electron chi connectivity index (χ4n) is 2.99. The van der Waals surface area contributed by atoms with Gasteiger partial charge >= 0.3 is 0 Å². The molecule has 3 aromatic rings. The molecule has 3 aromatic carbocycles. The summed E-state index contributed by atoms with van der Waals surface area (Å²) in [6.07, 6.45) is 0. The zero-order chi connectivity index (χ0) is 22.4. The molecule has 162 valence electrons. The first-order chi connectivity index (χ1) is 14.8. The molecule has 0 radical (unpaired) electrons. The predicted octanol–water partition coefficient (Wildman–Crippen LogP) is 4.32. The molecule has 6 nitrogen and oxygen atoms in total. The first-order valence-electron chi connectivity index (χ1n) is 9.58. The van der Waals surface area contributed by atoms with Gasteiger partial charge < -0.3 is 10.1 Å². The SMILES string of the molecule is COc1ccc(C(=O)N[C@H](C)c2ccc(Cl)cc2)cc1S(=O)(=O)NCc1ccccc1. The number of carbonyl (C=O) groups excluding carboxylic acids is 1. The fraction of sp³-hybridized carbons (Fsp3) is 0.174. The minimum atomic E-state index is -3.91. The molecule has 0 spiro atoms. The molecule has 0 aromatic heterocycles. The van der Waals surface area contributed by atoms with Crippen molar-refractivity contribution in [1.29, 1.82) is 0 Å². The summed E-state index contributed by atoms with van der Waals surface area (Å²) in [6, 6.07) is 20.3. The van der Waals surface area contributed by atoms with Crippen LogP contribution in [0.4, 0.5) is 0 Å². The molecule has 0 aliphatic heterocycles. The minimum absolute atomic E-state index is 0.0993. The number of halogens is 1. The van der Waals surface area contributed by atoms with Crippen molar-refractivity contribution in [3.05, 3.63) is 94.5 Å². The average Bonchev–Trinajstić information content (AvgIpc) is 2.78. The molecule has 0 aliphatic carbocycles. The zero-order valence-corrected chi connectivity index (χ0v) is 18.7. The molecule has 0 saturated heterocycles. The topological polar surface area (TPSA) is 84.5 Å². The number of hydrogen-bond donors (Lipinski definition) is 2. The van der Waals surface area contributed by atoms with Crippen LogP contribution in [0, 0.1) is 0 Å². The van der Waals surface area contributed by atoms with Crippen molar-refractivity contribution in [3.63, 3.8) is 0 Å². The number of ether oxygens (including phenoxy) is 1. The molecule has 1 atom stereocenters. The summed E-state index contributed by atoms with van der Waals surface area (Å²) in [5.41, 5.74) is 1.90. The van der Waals surface area contributed by atoms with Gasteiger partial charge in [-0.05, 0) is 48.4 Å². The fourth-order valence-corrected chi connectivity index (χ4v) is 4.33. The van der Waals surface area contributed by atoms with E-state index in [1.165, 1.54) is 25.3 Å². The lowest BCUT2D eigenvalue weighted by molar-refractivity contribution is 0.0939. The quantitative estimate of drug-likeness (QED) is 0.526. The highest BCUT2D eigenvalue weighted by Crippen LogP contribution is 2.26.